The lowest BCUT2D eigenvalue weighted by molar-refractivity contribution is 0.896. The Morgan fingerprint density at radius 2 is 0.944 bits per heavy atom. The van der Waals surface area contributed by atoms with Crippen LogP contribution in [0.4, 0.5) is 0 Å². The van der Waals surface area contributed by atoms with Crippen molar-refractivity contribution in [1.82, 2.24) is 9.96 Å². The van der Waals surface area contributed by atoms with Crippen LogP contribution in [0.15, 0.2) is 24.3 Å². The lowest BCUT2D eigenvalue weighted by Gasteiger charge is -2.19. The molecule has 1 aromatic rings. The molecule has 0 atom stereocenters. The number of hydrogen-bond acceptors (Lipinski definition) is 2. The van der Waals surface area contributed by atoms with Gasteiger partial charge in [-0.3, -0.25) is 0 Å². The van der Waals surface area contributed by atoms with Gasteiger partial charge in [0.15, 0.2) is 0 Å². The first-order valence-corrected chi connectivity index (χ1v) is 13.7. The van der Waals surface area contributed by atoms with E-state index in [-0.39, 0.29) is 0 Å². The average Bonchev–Trinajstić information content (AvgIpc) is 2.23. The van der Waals surface area contributed by atoms with E-state index in [4.69, 9.17) is 0 Å². The summed E-state index contributed by atoms with van der Waals surface area (Å²) < 4.78 is 0. The molecular formula is C14H28N2Si2. The number of benzene rings is 1. The summed E-state index contributed by atoms with van der Waals surface area (Å²) in [6, 6.07) is 8.98. The van der Waals surface area contributed by atoms with Crippen LogP contribution in [0.3, 0.4) is 0 Å². The van der Waals surface area contributed by atoms with Crippen LogP contribution in [0.1, 0.15) is 11.1 Å². The minimum absolute atomic E-state index is 0.997. The Morgan fingerprint density at radius 3 is 1.17 bits per heavy atom. The van der Waals surface area contributed by atoms with E-state index in [1.165, 1.54) is 11.1 Å². The molecule has 0 radical (unpaired) electrons. The van der Waals surface area contributed by atoms with Crippen LogP contribution in [0.2, 0.25) is 39.3 Å². The van der Waals surface area contributed by atoms with Gasteiger partial charge in [0.05, 0.1) is 0 Å². The molecule has 0 saturated heterocycles. The van der Waals surface area contributed by atoms with Crippen LogP contribution in [0.25, 0.3) is 0 Å². The summed E-state index contributed by atoms with van der Waals surface area (Å²) in [5.41, 5.74) is 2.77. The van der Waals surface area contributed by atoms with E-state index < -0.39 is 16.5 Å². The highest BCUT2D eigenvalue weighted by Crippen LogP contribution is 2.07. The maximum atomic E-state index is 3.64. The fraction of sp³-hybridized carbons (Fsp3) is 0.571. The first kappa shape index (κ1) is 15.6. The summed E-state index contributed by atoms with van der Waals surface area (Å²) in [7, 11) is -2.30. The van der Waals surface area contributed by atoms with Gasteiger partial charge < -0.3 is 9.96 Å². The largest absolute Gasteiger partial charge is 0.334 e. The van der Waals surface area contributed by atoms with E-state index in [0.717, 1.165) is 13.1 Å². The lowest BCUT2D eigenvalue weighted by atomic mass is 10.1. The molecule has 0 spiro atoms. The monoisotopic (exact) mass is 280 g/mol. The predicted molar refractivity (Wildman–Crippen MR) is 86.8 cm³/mol. The highest BCUT2D eigenvalue weighted by atomic mass is 28.3. The van der Waals surface area contributed by atoms with Crippen LogP contribution in [-0.2, 0) is 13.1 Å². The Balaban J connectivity index is 2.48. The molecule has 1 aromatic carbocycles. The van der Waals surface area contributed by atoms with Gasteiger partial charge in [0, 0.05) is 13.1 Å². The van der Waals surface area contributed by atoms with Gasteiger partial charge in [-0.1, -0.05) is 63.5 Å². The SMILES string of the molecule is C[Si](C)(C)NCc1ccc(CN[Si](C)(C)C)cc1. The molecule has 4 heteroatoms. The van der Waals surface area contributed by atoms with Gasteiger partial charge in [0.2, 0.25) is 0 Å². The average molecular weight is 281 g/mol. The molecule has 1 rings (SSSR count). The molecule has 0 amide bonds. The van der Waals surface area contributed by atoms with Crippen molar-refractivity contribution in [2.24, 2.45) is 0 Å². The third-order valence-corrected chi connectivity index (χ3v) is 5.14. The van der Waals surface area contributed by atoms with Gasteiger partial charge in [0.25, 0.3) is 0 Å². The molecule has 0 aliphatic heterocycles. The molecule has 102 valence electrons. The zero-order chi connectivity index (χ0) is 13.8. The van der Waals surface area contributed by atoms with Gasteiger partial charge in [-0.25, -0.2) is 0 Å². The Morgan fingerprint density at radius 1 is 0.667 bits per heavy atom. The Bertz CT molecular complexity index is 324. The topological polar surface area (TPSA) is 24.1 Å². The van der Waals surface area contributed by atoms with Crippen molar-refractivity contribution in [1.29, 1.82) is 0 Å². The second kappa shape index (κ2) is 6.15. The normalized spacial score (nSPS) is 12.8. The van der Waals surface area contributed by atoms with Gasteiger partial charge in [-0.15, -0.1) is 0 Å². The van der Waals surface area contributed by atoms with Gasteiger partial charge in [0.1, 0.15) is 16.5 Å². The van der Waals surface area contributed by atoms with Crippen molar-refractivity contribution in [3.8, 4) is 0 Å². The molecule has 0 saturated carbocycles. The van der Waals surface area contributed by atoms with Gasteiger partial charge in [-0.05, 0) is 11.1 Å². The zero-order valence-electron chi connectivity index (χ0n) is 12.7. The van der Waals surface area contributed by atoms with E-state index in [9.17, 15) is 0 Å². The Hall–Kier alpha value is -0.426. The Kier molecular flexibility index (Phi) is 5.34. The highest BCUT2D eigenvalue weighted by molar-refractivity contribution is 6.73. The first-order chi connectivity index (χ1) is 8.16. The maximum absolute atomic E-state index is 3.64. The molecule has 18 heavy (non-hydrogen) atoms. The van der Waals surface area contributed by atoms with Crippen molar-refractivity contribution in [3.63, 3.8) is 0 Å². The van der Waals surface area contributed by atoms with Crippen LogP contribution >= 0.6 is 0 Å². The van der Waals surface area contributed by atoms with E-state index in [1.807, 2.05) is 0 Å². The second-order valence-electron chi connectivity index (χ2n) is 7.02. The molecule has 0 aliphatic carbocycles. The molecule has 0 fully saturated rings. The highest BCUT2D eigenvalue weighted by Gasteiger charge is 2.12. The van der Waals surface area contributed by atoms with E-state index in [2.05, 4.69) is 73.5 Å². The molecule has 0 aromatic heterocycles. The molecule has 0 heterocycles. The fourth-order valence-electron chi connectivity index (χ4n) is 1.51. The summed E-state index contributed by atoms with van der Waals surface area (Å²) in [5.74, 6) is 0. The van der Waals surface area contributed by atoms with Crippen LogP contribution in [0, 0.1) is 0 Å². The van der Waals surface area contributed by atoms with E-state index in [0.29, 0.717) is 0 Å². The standard InChI is InChI=1S/C14H28N2Si2/c1-17(2,3)15-11-13-7-9-14(10-8-13)12-16-18(4,5)6/h7-10,15-16H,11-12H2,1-6H3. The van der Waals surface area contributed by atoms with Crippen molar-refractivity contribution >= 4 is 16.5 Å². The minimum atomic E-state index is -1.15. The Labute approximate surface area is 114 Å². The first-order valence-electron chi connectivity index (χ1n) is 6.74. The smallest absolute Gasteiger partial charge is 0.116 e. The van der Waals surface area contributed by atoms with Crippen LogP contribution in [0.5, 0.6) is 0 Å². The second-order valence-corrected chi connectivity index (χ2v) is 16.7. The van der Waals surface area contributed by atoms with Crippen LogP contribution < -0.4 is 9.96 Å². The summed E-state index contributed by atoms with van der Waals surface area (Å²) in [5, 5.41) is 0. The maximum Gasteiger partial charge on any atom is 0.116 e. The molecule has 0 aliphatic rings. The molecular weight excluding hydrogens is 252 g/mol. The molecule has 2 N–H and O–H groups in total. The molecule has 0 unspecified atom stereocenters. The van der Waals surface area contributed by atoms with E-state index >= 15 is 0 Å². The number of rotatable bonds is 6. The summed E-state index contributed by atoms with van der Waals surface area (Å²) in [6.07, 6.45) is 0. The predicted octanol–water partition coefficient (Wildman–Crippen LogP) is 3.54. The molecule has 2 nitrogen and oxygen atoms in total. The van der Waals surface area contributed by atoms with E-state index in [1.54, 1.807) is 0 Å². The third-order valence-electron chi connectivity index (χ3n) is 2.67. The van der Waals surface area contributed by atoms with Crippen molar-refractivity contribution in [2.45, 2.75) is 52.4 Å². The van der Waals surface area contributed by atoms with Crippen molar-refractivity contribution in [2.75, 3.05) is 0 Å². The summed E-state index contributed by atoms with van der Waals surface area (Å²) in [4.78, 5) is 7.29. The van der Waals surface area contributed by atoms with Gasteiger partial charge >= 0.3 is 0 Å². The van der Waals surface area contributed by atoms with Crippen LogP contribution in [-0.4, -0.2) is 16.5 Å². The lowest BCUT2D eigenvalue weighted by Crippen LogP contribution is -2.40. The minimum Gasteiger partial charge on any atom is -0.334 e. The molecule has 0 bridgehead atoms. The third kappa shape index (κ3) is 7.11. The van der Waals surface area contributed by atoms with Crippen molar-refractivity contribution < 1.29 is 0 Å². The zero-order valence-corrected chi connectivity index (χ0v) is 14.7. The fourth-order valence-corrected chi connectivity index (χ4v) is 2.98. The quantitative estimate of drug-likeness (QED) is 0.779. The summed E-state index contributed by atoms with van der Waals surface area (Å²) >= 11 is 0. The number of nitrogens with one attached hydrogen (secondary N) is 2. The summed E-state index contributed by atoms with van der Waals surface area (Å²) in [6.45, 7) is 16.0. The number of hydrogen-bond donors (Lipinski definition) is 2. The van der Waals surface area contributed by atoms with Crippen molar-refractivity contribution in [3.05, 3.63) is 35.4 Å². The van der Waals surface area contributed by atoms with Gasteiger partial charge in [-0.2, -0.15) is 0 Å².